The highest BCUT2D eigenvalue weighted by Crippen LogP contribution is 2.29. The van der Waals surface area contributed by atoms with Gasteiger partial charge in [0.25, 0.3) is 0 Å². The van der Waals surface area contributed by atoms with E-state index in [1.165, 1.54) is 0 Å². The summed E-state index contributed by atoms with van der Waals surface area (Å²) >= 11 is 0. The molecule has 2 aromatic carbocycles. The van der Waals surface area contributed by atoms with Gasteiger partial charge < -0.3 is 19.5 Å². The van der Waals surface area contributed by atoms with Crippen LogP contribution in [0.3, 0.4) is 0 Å². The second-order valence-corrected chi connectivity index (χ2v) is 5.43. The predicted molar refractivity (Wildman–Crippen MR) is 92.8 cm³/mol. The average molecular weight is 329 g/mol. The number of amides is 1. The first-order chi connectivity index (χ1) is 11.6. The lowest BCUT2D eigenvalue weighted by Crippen LogP contribution is -2.28. The van der Waals surface area contributed by atoms with E-state index >= 15 is 0 Å². The second kappa shape index (κ2) is 8.24. The van der Waals surface area contributed by atoms with Crippen molar-refractivity contribution in [2.24, 2.45) is 0 Å². The highest BCUT2D eigenvalue weighted by atomic mass is 16.5. The number of carbonyl (C=O) groups excluding carboxylic acids is 1. The fourth-order valence-electron chi connectivity index (χ4n) is 2.43. The minimum absolute atomic E-state index is 0.0394. The molecular formula is C19H23NO4. The van der Waals surface area contributed by atoms with Gasteiger partial charge in [-0.25, -0.2) is 0 Å². The van der Waals surface area contributed by atoms with Crippen LogP contribution in [0.25, 0.3) is 0 Å². The highest BCUT2D eigenvalue weighted by molar-refractivity contribution is 5.79. The van der Waals surface area contributed by atoms with Crippen molar-refractivity contribution in [2.45, 2.75) is 19.4 Å². The zero-order valence-corrected chi connectivity index (χ0v) is 14.5. The van der Waals surface area contributed by atoms with Gasteiger partial charge in [0, 0.05) is 0 Å². The van der Waals surface area contributed by atoms with Gasteiger partial charge in [-0.2, -0.15) is 0 Å². The number of ether oxygens (including phenoxy) is 3. The summed E-state index contributed by atoms with van der Waals surface area (Å²) in [4.78, 5) is 12.2. The third kappa shape index (κ3) is 4.41. The van der Waals surface area contributed by atoms with Crippen molar-refractivity contribution in [1.29, 1.82) is 0 Å². The monoisotopic (exact) mass is 329 g/mol. The number of hydrogen-bond acceptors (Lipinski definition) is 4. The molecular weight excluding hydrogens is 306 g/mol. The van der Waals surface area contributed by atoms with E-state index in [1.807, 2.05) is 49.4 Å². The molecule has 0 aromatic heterocycles. The average Bonchev–Trinajstić information content (AvgIpc) is 2.61. The summed E-state index contributed by atoms with van der Waals surface area (Å²) < 4.78 is 15.6. The van der Waals surface area contributed by atoms with Crippen LogP contribution in [-0.4, -0.2) is 27.2 Å². The molecule has 0 unspecified atom stereocenters. The van der Waals surface area contributed by atoms with Crippen molar-refractivity contribution in [3.63, 3.8) is 0 Å². The Labute approximate surface area is 142 Å². The smallest absolute Gasteiger partial charge is 0.224 e. The first-order valence-electron chi connectivity index (χ1n) is 7.71. The molecule has 1 amide bonds. The maximum Gasteiger partial charge on any atom is 0.224 e. The maximum absolute atomic E-state index is 12.2. The first-order valence-corrected chi connectivity index (χ1v) is 7.71. The summed E-state index contributed by atoms with van der Waals surface area (Å²) in [7, 11) is 4.80. The summed E-state index contributed by atoms with van der Waals surface area (Å²) in [6.45, 7) is 1.94. The van der Waals surface area contributed by atoms with Crippen molar-refractivity contribution in [1.82, 2.24) is 5.32 Å². The largest absolute Gasteiger partial charge is 0.497 e. The molecule has 0 bridgehead atoms. The summed E-state index contributed by atoms with van der Waals surface area (Å²) in [5.74, 6) is 2.05. The molecule has 2 rings (SSSR count). The van der Waals surface area contributed by atoms with Crippen LogP contribution in [0, 0.1) is 0 Å². The number of methoxy groups -OCH3 is 3. The highest BCUT2D eigenvalue weighted by Gasteiger charge is 2.13. The van der Waals surface area contributed by atoms with Gasteiger partial charge in [0.1, 0.15) is 5.75 Å². The quantitative estimate of drug-likeness (QED) is 0.848. The van der Waals surface area contributed by atoms with E-state index in [1.54, 1.807) is 21.3 Å². The molecule has 0 heterocycles. The van der Waals surface area contributed by atoms with Gasteiger partial charge in [-0.05, 0) is 42.3 Å². The Bertz CT molecular complexity index is 682. The molecule has 0 saturated carbocycles. The summed E-state index contributed by atoms with van der Waals surface area (Å²) in [6.07, 6.45) is 0.321. The van der Waals surface area contributed by atoms with E-state index < -0.39 is 0 Å². The van der Waals surface area contributed by atoms with Crippen LogP contribution in [0.5, 0.6) is 17.2 Å². The molecule has 1 atom stereocenters. The molecule has 24 heavy (non-hydrogen) atoms. The molecule has 0 radical (unpaired) electrons. The van der Waals surface area contributed by atoms with Crippen LogP contribution in [0.15, 0.2) is 42.5 Å². The summed E-state index contributed by atoms with van der Waals surface area (Å²) in [5, 5.41) is 3.00. The van der Waals surface area contributed by atoms with Gasteiger partial charge in [-0.1, -0.05) is 18.2 Å². The molecule has 1 N–H and O–H groups in total. The fourth-order valence-corrected chi connectivity index (χ4v) is 2.43. The van der Waals surface area contributed by atoms with Crippen LogP contribution in [0.2, 0.25) is 0 Å². The van der Waals surface area contributed by atoms with Crippen molar-refractivity contribution < 1.29 is 19.0 Å². The predicted octanol–water partition coefficient (Wildman–Crippen LogP) is 3.13. The topological polar surface area (TPSA) is 56.8 Å². The molecule has 0 spiro atoms. The molecule has 0 fully saturated rings. The lowest BCUT2D eigenvalue weighted by Gasteiger charge is -2.16. The summed E-state index contributed by atoms with van der Waals surface area (Å²) in [5.41, 5.74) is 1.89. The molecule has 5 heteroatoms. The minimum Gasteiger partial charge on any atom is -0.497 e. The van der Waals surface area contributed by atoms with Crippen molar-refractivity contribution in [2.75, 3.05) is 21.3 Å². The maximum atomic E-state index is 12.2. The number of hydrogen-bond donors (Lipinski definition) is 1. The van der Waals surface area contributed by atoms with Gasteiger partial charge in [0.2, 0.25) is 5.91 Å². The molecule has 0 saturated heterocycles. The number of benzene rings is 2. The Morgan fingerprint density at radius 3 is 2.21 bits per heavy atom. The van der Waals surface area contributed by atoms with Crippen LogP contribution in [-0.2, 0) is 11.2 Å². The van der Waals surface area contributed by atoms with E-state index in [4.69, 9.17) is 14.2 Å². The van der Waals surface area contributed by atoms with Gasteiger partial charge >= 0.3 is 0 Å². The lowest BCUT2D eigenvalue weighted by molar-refractivity contribution is -0.121. The minimum atomic E-state index is -0.129. The van der Waals surface area contributed by atoms with Crippen LogP contribution >= 0.6 is 0 Å². The number of nitrogens with one attached hydrogen (secondary N) is 1. The van der Waals surface area contributed by atoms with Crippen LogP contribution in [0.1, 0.15) is 24.1 Å². The third-order valence-electron chi connectivity index (χ3n) is 3.81. The first kappa shape index (κ1) is 17.7. The van der Waals surface area contributed by atoms with E-state index in [9.17, 15) is 4.79 Å². The van der Waals surface area contributed by atoms with E-state index in [-0.39, 0.29) is 11.9 Å². The van der Waals surface area contributed by atoms with Crippen molar-refractivity contribution in [3.05, 3.63) is 53.6 Å². The van der Waals surface area contributed by atoms with Crippen LogP contribution < -0.4 is 19.5 Å². The fraction of sp³-hybridized carbons (Fsp3) is 0.316. The Morgan fingerprint density at radius 1 is 0.958 bits per heavy atom. The molecule has 0 aliphatic rings. The van der Waals surface area contributed by atoms with Crippen molar-refractivity contribution >= 4 is 5.91 Å². The van der Waals surface area contributed by atoms with Gasteiger partial charge in [0.05, 0.1) is 33.8 Å². The standard InChI is InChI=1S/C19H23NO4/c1-13(15-7-10-17(23-3)18(12-15)24-4)20-19(21)11-14-5-8-16(22-2)9-6-14/h5-10,12-13H,11H2,1-4H3,(H,20,21)/t13-/m1/s1. The van der Waals surface area contributed by atoms with E-state index in [2.05, 4.69) is 5.32 Å². The normalized spacial score (nSPS) is 11.5. The van der Waals surface area contributed by atoms with Crippen molar-refractivity contribution in [3.8, 4) is 17.2 Å². The van der Waals surface area contributed by atoms with E-state index in [0.29, 0.717) is 17.9 Å². The zero-order chi connectivity index (χ0) is 17.5. The Hall–Kier alpha value is -2.69. The Balaban J connectivity index is 2.00. The van der Waals surface area contributed by atoms with Crippen LogP contribution in [0.4, 0.5) is 0 Å². The lowest BCUT2D eigenvalue weighted by atomic mass is 10.1. The van der Waals surface area contributed by atoms with Gasteiger partial charge in [-0.3, -0.25) is 4.79 Å². The Morgan fingerprint density at radius 2 is 1.62 bits per heavy atom. The molecule has 0 aliphatic carbocycles. The second-order valence-electron chi connectivity index (χ2n) is 5.43. The number of rotatable bonds is 7. The zero-order valence-electron chi connectivity index (χ0n) is 14.5. The molecule has 5 nitrogen and oxygen atoms in total. The number of carbonyl (C=O) groups is 1. The molecule has 128 valence electrons. The van der Waals surface area contributed by atoms with Gasteiger partial charge in [-0.15, -0.1) is 0 Å². The van der Waals surface area contributed by atoms with E-state index in [0.717, 1.165) is 16.9 Å². The molecule has 0 aliphatic heterocycles. The Kier molecular flexibility index (Phi) is 6.07. The summed E-state index contributed by atoms with van der Waals surface area (Å²) in [6, 6.07) is 13.0. The van der Waals surface area contributed by atoms with Gasteiger partial charge in [0.15, 0.2) is 11.5 Å². The SMILES string of the molecule is COc1ccc(CC(=O)N[C@H](C)c2ccc(OC)c(OC)c2)cc1. The third-order valence-corrected chi connectivity index (χ3v) is 3.81. The molecule has 2 aromatic rings.